The van der Waals surface area contributed by atoms with Crippen molar-refractivity contribution in [2.24, 2.45) is 5.41 Å². The van der Waals surface area contributed by atoms with Crippen LogP contribution in [-0.2, 0) is 18.9 Å². The molecule has 0 aliphatic heterocycles. The number of rotatable bonds is 43. The van der Waals surface area contributed by atoms with Crippen molar-refractivity contribution in [3.63, 3.8) is 0 Å². The van der Waals surface area contributed by atoms with Crippen molar-refractivity contribution in [3.05, 3.63) is 0 Å². The van der Waals surface area contributed by atoms with E-state index in [0.717, 1.165) is 64.8 Å². The lowest BCUT2D eigenvalue weighted by molar-refractivity contribution is -0.108. The molecular formula is C44H70N12O4. The molecule has 0 atom stereocenters. The second-order valence-electron chi connectivity index (χ2n) is 14.8. The molecule has 0 unspecified atom stereocenters. The Morgan fingerprint density at radius 1 is 0.267 bits per heavy atom. The summed E-state index contributed by atoms with van der Waals surface area (Å²) in [7, 11) is 0. The van der Waals surface area contributed by atoms with Crippen LogP contribution in [0.3, 0.4) is 0 Å². The highest BCUT2D eigenvalue weighted by Crippen LogP contribution is 2.22. The topological polar surface area (TPSA) is 240 Å². The zero-order valence-corrected chi connectivity index (χ0v) is 36.2. The first-order chi connectivity index (χ1) is 29.5. The van der Waals surface area contributed by atoms with Gasteiger partial charge in [-0.25, -0.2) is 0 Å². The Balaban J connectivity index is 5.91. The number of hydrogen-bond donors (Lipinski definition) is 0. The Labute approximate surface area is 361 Å². The van der Waals surface area contributed by atoms with Gasteiger partial charge in [-0.15, -0.1) is 0 Å². The van der Waals surface area contributed by atoms with Gasteiger partial charge in [-0.05, 0) is 64.6 Å². The number of ether oxygens (including phenoxy) is 4. The molecule has 0 aliphatic rings. The number of hydrogen-bond acceptors (Lipinski definition) is 16. The van der Waals surface area contributed by atoms with Crippen LogP contribution in [-0.4, -0.2) is 151 Å². The first-order valence-electron chi connectivity index (χ1n) is 21.6. The van der Waals surface area contributed by atoms with Gasteiger partial charge in [-0.1, -0.05) is 0 Å². The van der Waals surface area contributed by atoms with Crippen LogP contribution in [0.4, 0.5) is 0 Å². The minimum Gasteiger partial charge on any atom is -0.381 e. The third-order valence-corrected chi connectivity index (χ3v) is 9.67. The third kappa shape index (κ3) is 33.4. The molecule has 0 amide bonds. The lowest BCUT2D eigenvalue weighted by Crippen LogP contribution is -2.42. The van der Waals surface area contributed by atoms with Crippen LogP contribution in [0.15, 0.2) is 0 Å². The average Bonchev–Trinajstić information content (AvgIpc) is 3.26. The van der Waals surface area contributed by atoms with Crippen molar-refractivity contribution in [2.75, 3.05) is 131 Å². The molecule has 16 nitrogen and oxygen atoms in total. The van der Waals surface area contributed by atoms with E-state index in [1.165, 1.54) is 0 Å². The summed E-state index contributed by atoms with van der Waals surface area (Å²) in [6.45, 7) is 11.5. The van der Waals surface area contributed by atoms with E-state index in [1.807, 2.05) is 0 Å². The summed E-state index contributed by atoms with van der Waals surface area (Å²) in [4.78, 5) is 8.70. The van der Waals surface area contributed by atoms with E-state index in [4.69, 9.17) is 61.0 Å². The zero-order chi connectivity index (χ0) is 44.0. The summed E-state index contributed by atoms with van der Waals surface area (Å²) in [6.07, 6.45) is 8.68. The SMILES string of the molecule is N#CCCCN(CCC#N)CCCOCC(COCCCN(CCC#N)CCC#N)(COCCCN(CCC#N)CCC#N)COCCCN(CCCC#N)CCCC#N. The molecule has 0 aliphatic carbocycles. The van der Waals surface area contributed by atoms with Crippen LogP contribution < -0.4 is 0 Å². The van der Waals surface area contributed by atoms with Gasteiger partial charge in [-0.3, -0.25) is 0 Å². The Morgan fingerprint density at radius 2 is 0.467 bits per heavy atom. The molecule has 0 saturated carbocycles. The van der Waals surface area contributed by atoms with Gasteiger partial charge < -0.3 is 38.5 Å². The molecule has 0 radical (unpaired) electrons. The van der Waals surface area contributed by atoms with Crippen LogP contribution in [0.25, 0.3) is 0 Å². The summed E-state index contributed by atoms with van der Waals surface area (Å²) in [5.41, 5.74) is -0.644. The Morgan fingerprint density at radius 3 is 0.700 bits per heavy atom. The van der Waals surface area contributed by atoms with Gasteiger partial charge in [0.1, 0.15) is 0 Å². The van der Waals surface area contributed by atoms with Crippen LogP contribution in [0.2, 0.25) is 0 Å². The monoisotopic (exact) mass is 831 g/mol. The van der Waals surface area contributed by atoms with Crippen LogP contribution in [0.5, 0.6) is 0 Å². The fourth-order valence-corrected chi connectivity index (χ4v) is 6.49. The van der Waals surface area contributed by atoms with Gasteiger partial charge in [0.15, 0.2) is 0 Å². The summed E-state index contributed by atoms with van der Waals surface area (Å²) in [6, 6.07) is 17.5. The van der Waals surface area contributed by atoms with Gasteiger partial charge in [0.05, 0.1) is 80.4 Å². The highest BCUT2D eigenvalue weighted by Gasteiger charge is 2.33. The Kier molecular flexibility index (Phi) is 39.6. The fourth-order valence-electron chi connectivity index (χ4n) is 6.49. The molecule has 0 spiro atoms. The molecular weight excluding hydrogens is 761 g/mol. The summed E-state index contributed by atoms with van der Waals surface area (Å²) in [5, 5.41) is 72.6. The quantitative estimate of drug-likeness (QED) is 0.0709. The molecule has 0 aromatic rings. The maximum atomic E-state index is 9.14. The Hall–Kier alpha value is -4.40. The van der Waals surface area contributed by atoms with Crippen molar-refractivity contribution in [1.29, 1.82) is 42.1 Å². The summed E-state index contributed by atoms with van der Waals surface area (Å²) in [5.74, 6) is 0. The van der Waals surface area contributed by atoms with Gasteiger partial charge in [0.2, 0.25) is 0 Å². The molecule has 0 aromatic carbocycles. The third-order valence-electron chi connectivity index (χ3n) is 9.67. The molecule has 60 heavy (non-hydrogen) atoms. The molecule has 16 heteroatoms. The van der Waals surface area contributed by atoms with Gasteiger partial charge in [0.25, 0.3) is 0 Å². The Bertz CT molecular complexity index is 1290. The van der Waals surface area contributed by atoms with Crippen LogP contribution in [0.1, 0.15) is 96.3 Å². The van der Waals surface area contributed by atoms with Crippen molar-refractivity contribution < 1.29 is 18.9 Å². The molecule has 0 bridgehead atoms. The molecule has 0 fully saturated rings. The maximum Gasteiger partial charge on any atom is 0.0637 e. The molecule has 0 saturated heterocycles. The molecule has 0 heterocycles. The molecule has 0 N–H and O–H groups in total. The van der Waals surface area contributed by atoms with E-state index in [-0.39, 0.29) is 0 Å². The molecule has 0 aromatic heterocycles. The smallest absolute Gasteiger partial charge is 0.0637 e. The van der Waals surface area contributed by atoms with Crippen molar-refractivity contribution in [1.82, 2.24) is 19.6 Å². The van der Waals surface area contributed by atoms with E-state index < -0.39 is 5.41 Å². The standard InChI is InChI=1S/C44H70N12O4/c45-16-1-4-24-53(25-5-2-17-46)32-12-36-57-40-44(42-59-38-14-34-55(28-8-20-49)29-9-21-50,43-60-39-15-35-56(30-10-22-51)31-11-23-52)41-58-37-13-33-54(27-7-19-48)26-6-3-18-47/h1-15,24-43H2. The van der Waals surface area contributed by atoms with E-state index in [2.05, 4.69) is 68.2 Å². The summed E-state index contributed by atoms with van der Waals surface area (Å²) >= 11 is 0. The van der Waals surface area contributed by atoms with Crippen molar-refractivity contribution in [3.8, 4) is 48.6 Å². The van der Waals surface area contributed by atoms with Crippen LogP contribution in [0, 0.1) is 96.1 Å². The van der Waals surface area contributed by atoms with Gasteiger partial charge in [0, 0.05) is 137 Å². The van der Waals surface area contributed by atoms with Crippen LogP contribution >= 0.6 is 0 Å². The zero-order valence-electron chi connectivity index (χ0n) is 36.2. The first-order valence-corrected chi connectivity index (χ1v) is 21.6. The highest BCUT2D eigenvalue weighted by molar-refractivity contribution is 4.82. The lowest BCUT2D eigenvalue weighted by Gasteiger charge is -2.33. The molecule has 0 rings (SSSR count). The minimum atomic E-state index is -0.644. The van der Waals surface area contributed by atoms with Gasteiger partial charge >= 0.3 is 0 Å². The van der Waals surface area contributed by atoms with E-state index in [9.17, 15) is 0 Å². The summed E-state index contributed by atoms with van der Waals surface area (Å²) < 4.78 is 25.5. The maximum absolute atomic E-state index is 9.14. The first kappa shape index (κ1) is 55.6. The number of unbranched alkanes of at least 4 members (excludes halogenated alkanes) is 3. The predicted octanol–water partition coefficient (Wildman–Crippen LogP) is 5.29. The van der Waals surface area contributed by atoms with E-state index >= 15 is 0 Å². The highest BCUT2D eigenvalue weighted by atomic mass is 16.5. The largest absolute Gasteiger partial charge is 0.381 e. The second kappa shape index (κ2) is 42.7. The fraction of sp³-hybridized carbons (Fsp3) is 0.818. The van der Waals surface area contributed by atoms with E-state index in [1.54, 1.807) is 0 Å². The van der Waals surface area contributed by atoms with Crippen molar-refractivity contribution in [2.45, 2.75) is 96.3 Å². The normalized spacial score (nSPS) is 11.1. The lowest BCUT2D eigenvalue weighted by atomic mass is 9.92. The van der Waals surface area contributed by atoms with Gasteiger partial charge in [-0.2, -0.15) is 42.1 Å². The molecule has 330 valence electrons. The van der Waals surface area contributed by atoms with E-state index in [0.29, 0.717) is 163 Å². The minimum absolute atomic E-state index is 0.316. The second-order valence-corrected chi connectivity index (χ2v) is 14.8. The number of nitrogens with zero attached hydrogens (tertiary/aromatic N) is 12. The number of nitriles is 8. The predicted molar refractivity (Wildman–Crippen MR) is 226 cm³/mol. The average molecular weight is 831 g/mol. The van der Waals surface area contributed by atoms with Crippen molar-refractivity contribution >= 4 is 0 Å².